The van der Waals surface area contributed by atoms with Gasteiger partial charge in [-0.05, 0) is 61.9 Å². The predicted molar refractivity (Wildman–Crippen MR) is 152 cm³/mol. The van der Waals surface area contributed by atoms with Crippen molar-refractivity contribution in [3.63, 3.8) is 0 Å². The number of allylic oxidation sites excluding steroid dienone is 1. The van der Waals surface area contributed by atoms with E-state index in [0.717, 1.165) is 0 Å². The minimum Gasteiger partial charge on any atom is -0.463 e. The number of nitrogens with zero attached hydrogens (tertiary/aromatic N) is 2. The number of aromatic nitrogens is 1. The topological polar surface area (TPSA) is 100 Å². The molecular formula is C29H22Cl2N2O6S. The second-order valence-electron chi connectivity index (χ2n) is 8.79. The molecule has 1 aliphatic rings. The summed E-state index contributed by atoms with van der Waals surface area (Å²) >= 11 is 13.5. The van der Waals surface area contributed by atoms with Gasteiger partial charge >= 0.3 is 11.9 Å². The van der Waals surface area contributed by atoms with Crippen LogP contribution in [0.4, 0.5) is 0 Å². The van der Waals surface area contributed by atoms with Crippen LogP contribution >= 0.6 is 34.5 Å². The molecule has 0 aliphatic carbocycles. The highest BCUT2D eigenvalue weighted by molar-refractivity contribution is 7.07. The number of carbonyl (C=O) groups is 2. The monoisotopic (exact) mass is 596 g/mol. The van der Waals surface area contributed by atoms with Gasteiger partial charge in [-0.1, -0.05) is 46.7 Å². The SMILES string of the molecule is CCOC(=O)C1=C(C)N=c2s/c(=C/c3ccc(-c4ccc(Cl)cc4Cl)o3)c(=O)n2[C@H]1c1ccc(OC(C)=O)cc1. The molecule has 3 heterocycles. The molecule has 4 aromatic rings. The van der Waals surface area contributed by atoms with Gasteiger partial charge in [-0.15, -0.1) is 0 Å². The molecule has 204 valence electrons. The fourth-order valence-electron chi connectivity index (χ4n) is 4.38. The summed E-state index contributed by atoms with van der Waals surface area (Å²) in [6.45, 7) is 4.89. The maximum atomic E-state index is 13.8. The number of ether oxygens (including phenoxy) is 2. The van der Waals surface area contributed by atoms with Crippen LogP contribution in [-0.2, 0) is 14.3 Å². The first-order chi connectivity index (χ1) is 19.2. The van der Waals surface area contributed by atoms with Crippen LogP contribution in [0, 0.1) is 0 Å². The Morgan fingerprint density at radius 3 is 2.55 bits per heavy atom. The molecule has 8 nitrogen and oxygen atoms in total. The Balaban J connectivity index is 1.61. The van der Waals surface area contributed by atoms with Crippen LogP contribution in [0.2, 0.25) is 10.0 Å². The van der Waals surface area contributed by atoms with Gasteiger partial charge in [0.1, 0.15) is 17.3 Å². The second-order valence-corrected chi connectivity index (χ2v) is 10.6. The minimum absolute atomic E-state index is 0.163. The molecule has 5 rings (SSSR count). The lowest BCUT2D eigenvalue weighted by atomic mass is 9.96. The molecule has 11 heteroatoms. The van der Waals surface area contributed by atoms with Crippen molar-refractivity contribution >= 4 is 52.6 Å². The largest absolute Gasteiger partial charge is 0.463 e. The van der Waals surface area contributed by atoms with E-state index in [1.54, 1.807) is 74.5 Å². The Hall–Kier alpha value is -3.92. The molecule has 0 fully saturated rings. The van der Waals surface area contributed by atoms with Crippen molar-refractivity contribution < 1.29 is 23.5 Å². The molecule has 0 saturated carbocycles. The summed E-state index contributed by atoms with van der Waals surface area (Å²) in [4.78, 5) is 43.2. The summed E-state index contributed by atoms with van der Waals surface area (Å²) in [5, 5.41) is 0.948. The first-order valence-electron chi connectivity index (χ1n) is 12.2. The highest BCUT2D eigenvalue weighted by atomic mass is 35.5. The van der Waals surface area contributed by atoms with Crippen LogP contribution < -0.4 is 19.6 Å². The van der Waals surface area contributed by atoms with Gasteiger partial charge in [-0.2, -0.15) is 0 Å². The van der Waals surface area contributed by atoms with E-state index in [4.69, 9.17) is 37.1 Å². The number of furan rings is 1. The highest BCUT2D eigenvalue weighted by Gasteiger charge is 2.33. The van der Waals surface area contributed by atoms with Gasteiger partial charge in [-0.25, -0.2) is 9.79 Å². The molecule has 2 aromatic heterocycles. The summed E-state index contributed by atoms with van der Waals surface area (Å²) in [7, 11) is 0. The third-order valence-electron chi connectivity index (χ3n) is 6.07. The Morgan fingerprint density at radius 1 is 1.12 bits per heavy atom. The third-order valence-corrected chi connectivity index (χ3v) is 7.60. The van der Waals surface area contributed by atoms with E-state index >= 15 is 0 Å². The minimum atomic E-state index is -0.802. The molecule has 0 unspecified atom stereocenters. The van der Waals surface area contributed by atoms with Crippen molar-refractivity contribution in [2.24, 2.45) is 4.99 Å². The van der Waals surface area contributed by atoms with E-state index in [1.165, 1.54) is 22.8 Å². The lowest BCUT2D eigenvalue weighted by Gasteiger charge is -2.24. The smallest absolute Gasteiger partial charge is 0.338 e. The third kappa shape index (κ3) is 5.40. The molecular weight excluding hydrogens is 575 g/mol. The van der Waals surface area contributed by atoms with E-state index in [2.05, 4.69) is 4.99 Å². The lowest BCUT2D eigenvalue weighted by Crippen LogP contribution is -2.39. The Bertz CT molecular complexity index is 1850. The van der Waals surface area contributed by atoms with Gasteiger partial charge in [0.25, 0.3) is 5.56 Å². The van der Waals surface area contributed by atoms with Crippen molar-refractivity contribution in [2.45, 2.75) is 26.8 Å². The van der Waals surface area contributed by atoms with Gasteiger partial charge in [0.15, 0.2) is 4.80 Å². The Morgan fingerprint density at radius 2 is 1.88 bits per heavy atom. The van der Waals surface area contributed by atoms with Crippen LogP contribution in [0.3, 0.4) is 0 Å². The lowest BCUT2D eigenvalue weighted by molar-refractivity contribution is -0.139. The maximum Gasteiger partial charge on any atom is 0.338 e. The van der Waals surface area contributed by atoms with Gasteiger partial charge in [-0.3, -0.25) is 14.2 Å². The number of rotatable bonds is 6. The number of thiazole rings is 1. The van der Waals surface area contributed by atoms with E-state index < -0.39 is 18.0 Å². The highest BCUT2D eigenvalue weighted by Crippen LogP contribution is 2.33. The van der Waals surface area contributed by atoms with Gasteiger partial charge in [0.2, 0.25) is 0 Å². The number of hydrogen-bond acceptors (Lipinski definition) is 8. The average Bonchev–Trinajstić information content (AvgIpc) is 3.47. The second kappa shape index (κ2) is 11.3. The molecule has 0 saturated heterocycles. The van der Waals surface area contributed by atoms with E-state index in [0.29, 0.717) is 53.5 Å². The Kier molecular flexibility index (Phi) is 7.80. The van der Waals surface area contributed by atoms with Crippen LogP contribution in [0.1, 0.15) is 38.1 Å². The standard InChI is InChI=1S/C29H22Cl2N2O6S/c1-4-37-28(36)25-15(2)32-29-33(26(25)17-5-8-19(9-6-17)38-16(3)34)27(35)24(40-29)14-20-10-12-23(39-20)21-11-7-18(30)13-22(21)31/h5-14,26H,4H2,1-3H3/b24-14+/t26-/m0/s1. The van der Waals surface area contributed by atoms with Crippen molar-refractivity contribution in [3.05, 3.63) is 107 Å². The summed E-state index contributed by atoms with van der Waals surface area (Å²) < 4.78 is 18.3. The molecule has 40 heavy (non-hydrogen) atoms. The number of esters is 2. The number of hydrogen-bond donors (Lipinski definition) is 0. The Labute approximate surface area is 242 Å². The summed E-state index contributed by atoms with van der Waals surface area (Å²) in [6.07, 6.45) is 1.63. The quantitative estimate of drug-likeness (QED) is 0.221. The normalized spacial score (nSPS) is 15.0. The molecule has 0 radical (unpaired) electrons. The predicted octanol–water partition coefficient (Wildman–Crippen LogP) is 5.29. The van der Waals surface area contributed by atoms with Crippen molar-refractivity contribution in [2.75, 3.05) is 6.61 Å². The maximum absolute atomic E-state index is 13.8. The fourth-order valence-corrected chi connectivity index (χ4v) is 5.91. The molecule has 0 spiro atoms. The molecule has 0 bridgehead atoms. The van der Waals surface area contributed by atoms with E-state index in [-0.39, 0.29) is 17.7 Å². The molecule has 2 aromatic carbocycles. The van der Waals surface area contributed by atoms with Crippen LogP contribution in [0.25, 0.3) is 17.4 Å². The number of carbonyl (C=O) groups excluding carboxylic acids is 2. The zero-order valence-corrected chi connectivity index (χ0v) is 23.9. The van der Waals surface area contributed by atoms with Gasteiger partial charge < -0.3 is 13.9 Å². The number of fused-ring (bicyclic) bond motifs is 1. The first-order valence-corrected chi connectivity index (χ1v) is 13.8. The van der Waals surface area contributed by atoms with Crippen molar-refractivity contribution in [1.29, 1.82) is 0 Å². The summed E-state index contributed by atoms with van der Waals surface area (Å²) in [5.74, 6) is 0.281. The average molecular weight is 597 g/mol. The van der Waals surface area contributed by atoms with E-state index in [9.17, 15) is 14.4 Å². The van der Waals surface area contributed by atoms with Crippen molar-refractivity contribution in [3.8, 4) is 17.1 Å². The fraction of sp³-hybridized carbons (Fsp3) is 0.172. The van der Waals surface area contributed by atoms with Crippen molar-refractivity contribution in [1.82, 2.24) is 4.57 Å². The molecule has 1 aliphatic heterocycles. The van der Waals surface area contributed by atoms with Crippen LogP contribution in [0.15, 0.2) is 80.1 Å². The number of benzene rings is 2. The molecule has 0 amide bonds. The van der Waals surface area contributed by atoms with Crippen LogP contribution in [-0.4, -0.2) is 23.1 Å². The first kappa shape index (κ1) is 27.6. The zero-order chi connectivity index (χ0) is 28.6. The molecule has 1 atom stereocenters. The van der Waals surface area contributed by atoms with Crippen LogP contribution in [0.5, 0.6) is 5.75 Å². The van der Waals surface area contributed by atoms with Gasteiger partial charge in [0.05, 0.1) is 33.5 Å². The number of halogens is 2. The zero-order valence-electron chi connectivity index (χ0n) is 21.6. The molecule has 0 N–H and O–H groups in total. The van der Waals surface area contributed by atoms with E-state index in [1.807, 2.05) is 0 Å². The summed E-state index contributed by atoms with van der Waals surface area (Å²) in [5.41, 5.74) is 1.63. The summed E-state index contributed by atoms with van der Waals surface area (Å²) in [6, 6.07) is 14.4. The van der Waals surface area contributed by atoms with Gasteiger partial charge in [0, 0.05) is 23.6 Å².